The Hall–Kier alpha value is -2.66. The third-order valence-corrected chi connectivity index (χ3v) is 5.55. The van der Waals surface area contributed by atoms with E-state index >= 15 is 0 Å². The maximum Gasteiger partial charge on any atom is 0.258 e. The molecule has 5 heteroatoms. The fourth-order valence-electron chi connectivity index (χ4n) is 3.24. The fourth-order valence-corrected chi connectivity index (χ4v) is 3.94. The van der Waals surface area contributed by atoms with E-state index in [-0.39, 0.29) is 12.1 Å². The molecule has 1 amide bonds. The molecule has 3 aromatic rings. The van der Waals surface area contributed by atoms with Crippen molar-refractivity contribution >= 4 is 22.9 Å². The van der Waals surface area contributed by atoms with Crippen molar-refractivity contribution in [1.82, 2.24) is 9.88 Å². The van der Waals surface area contributed by atoms with Crippen LogP contribution in [0.2, 0.25) is 0 Å². The molecule has 0 aliphatic carbocycles. The summed E-state index contributed by atoms with van der Waals surface area (Å²) in [5.41, 5.74) is 3.76. The van der Waals surface area contributed by atoms with Crippen LogP contribution in [0.25, 0.3) is 0 Å². The first-order valence-corrected chi connectivity index (χ1v) is 9.66. The van der Waals surface area contributed by atoms with E-state index in [1.807, 2.05) is 28.5 Å². The van der Waals surface area contributed by atoms with Crippen LogP contribution in [0.1, 0.15) is 52.4 Å². The number of rotatable bonds is 5. The van der Waals surface area contributed by atoms with Gasteiger partial charge in [0.2, 0.25) is 0 Å². The molecule has 0 bridgehead atoms. The van der Waals surface area contributed by atoms with Crippen molar-refractivity contribution in [1.29, 1.82) is 0 Å². The monoisotopic (exact) mass is 363 g/mol. The van der Waals surface area contributed by atoms with E-state index in [1.54, 1.807) is 17.5 Å². The van der Waals surface area contributed by atoms with Crippen LogP contribution in [0.5, 0.6) is 0 Å². The molecule has 1 N–H and O–H groups in total. The number of carbonyl (C=O) groups is 1. The summed E-state index contributed by atoms with van der Waals surface area (Å²) in [4.78, 5) is 20.4. The number of hydrogen-bond acceptors (Lipinski definition) is 4. The Morgan fingerprint density at radius 1 is 1.15 bits per heavy atom. The summed E-state index contributed by atoms with van der Waals surface area (Å²) in [6.45, 7) is 4.94. The number of hydrogen-bond donors (Lipinski definition) is 1. The summed E-state index contributed by atoms with van der Waals surface area (Å²) < 4.78 is 0. The Bertz CT molecular complexity index is 903. The van der Waals surface area contributed by atoms with E-state index in [2.05, 4.69) is 54.5 Å². The van der Waals surface area contributed by atoms with Gasteiger partial charge in [-0.1, -0.05) is 32.0 Å². The molecule has 0 saturated heterocycles. The Labute approximate surface area is 157 Å². The van der Waals surface area contributed by atoms with Gasteiger partial charge in [-0.15, -0.1) is 11.3 Å². The summed E-state index contributed by atoms with van der Waals surface area (Å²) in [7, 11) is 0. The van der Waals surface area contributed by atoms with Gasteiger partial charge in [0, 0.05) is 16.8 Å². The third kappa shape index (κ3) is 3.10. The molecule has 3 heterocycles. The summed E-state index contributed by atoms with van der Waals surface area (Å²) in [6.07, 6.45) is 1.49. The van der Waals surface area contributed by atoms with Gasteiger partial charge in [0.25, 0.3) is 5.91 Å². The maximum atomic E-state index is 12.9. The number of fused-ring (bicyclic) bond motifs is 1. The number of carbonyl (C=O) groups excluding carboxylic acids is 1. The SMILES string of the molecule is CC(C)c1ccc(NC2c3ncccc3C(=O)N2Cc2cccs2)cc1. The van der Waals surface area contributed by atoms with E-state index in [9.17, 15) is 4.79 Å². The number of nitrogens with one attached hydrogen (secondary N) is 1. The molecule has 1 atom stereocenters. The van der Waals surface area contributed by atoms with Gasteiger partial charge in [-0.3, -0.25) is 9.78 Å². The zero-order chi connectivity index (χ0) is 18.1. The standard InChI is InChI=1S/C21H21N3OS/c1-14(2)15-7-9-16(10-8-15)23-20-19-18(6-3-11-22-19)21(25)24(20)13-17-5-4-12-26-17/h3-12,14,20,23H,13H2,1-2H3. The second-order valence-electron chi connectivity index (χ2n) is 6.77. The fraction of sp³-hybridized carbons (Fsp3) is 0.238. The summed E-state index contributed by atoms with van der Waals surface area (Å²) in [5.74, 6) is 0.521. The minimum atomic E-state index is -0.259. The summed E-state index contributed by atoms with van der Waals surface area (Å²) >= 11 is 1.66. The van der Waals surface area contributed by atoms with Crippen LogP contribution < -0.4 is 5.32 Å². The van der Waals surface area contributed by atoms with Gasteiger partial charge < -0.3 is 10.2 Å². The van der Waals surface area contributed by atoms with Gasteiger partial charge in [0.1, 0.15) is 6.17 Å². The molecule has 4 nitrogen and oxygen atoms in total. The zero-order valence-electron chi connectivity index (χ0n) is 14.8. The van der Waals surface area contributed by atoms with Gasteiger partial charge in [-0.25, -0.2) is 0 Å². The topological polar surface area (TPSA) is 45.2 Å². The first-order chi connectivity index (χ1) is 12.6. The predicted octanol–water partition coefficient (Wildman–Crippen LogP) is 5.03. The molecule has 0 fully saturated rings. The molecular formula is C21H21N3OS. The summed E-state index contributed by atoms with van der Waals surface area (Å²) in [5, 5.41) is 5.54. The van der Waals surface area contributed by atoms with Crippen LogP contribution in [-0.2, 0) is 6.54 Å². The lowest BCUT2D eigenvalue weighted by molar-refractivity contribution is 0.0729. The van der Waals surface area contributed by atoms with Gasteiger partial charge in [0.05, 0.1) is 17.8 Å². The van der Waals surface area contributed by atoms with E-state index < -0.39 is 0 Å². The Morgan fingerprint density at radius 2 is 1.96 bits per heavy atom. The smallest absolute Gasteiger partial charge is 0.258 e. The molecule has 1 aliphatic heterocycles. The molecular weight excluding hydrogens is 342 g/mol. The highest BCUT2D eigenvalue weighted by Gasteiger charge is 2.38. The predicted molar refractivity (Wildman–Crippen MR) is 105 cm³/mol. The molecule has 26 heavy (non-hydrogen) atoms. The third-order valence-electron chi connectivity index (χ3n) is 4.69. The van der Waals surface area contributed by atoms with Gasteiger partial charge in [-0.05, 0) is 47.2 Å². The van der Waals surface area contributed by atoms with E-state index in [0.717, 1.165) is 16.3 Å². The van der Waals surface area contributed by atoms with Crippen LogP contribution in [-0.4, -0.2) is 15.8 Å². The number of benzene rings is 1. The van der Waals surface area contributed by atoms with Crippen molar-refractivity contribution in [3.8, 4) is 0 Å². The van der Waals surface area contributed by atoms with Crippen LogP contribution in [0.3, 0.4) is 0 Å². The molecule has 1 aliphatic rings. The van der Waals surface area contributed by atoms with Crippen LogP contribution in [0.4, 0.5) is 5.69 Å². The Balaban J connectivity index is 1.64. The average Bonchev–Trinajstić information content (AvgIpc) is 3.25. The number of anilines is 1. The largest absolute Gasteiger partial charge is 0.360 e. The van der Waals surface area contributed by atoms with Crippen LogP contribution >= 0.6 is 11.3 Å². The minimum Gasteiger partial charge on any atom is -0.360 e. The second-order valence-corrected chi connectivity index (χ2v) is 7.80. The highest BCUT2D eigenvalue weighted by molar-refractivity contribution is 7.09. The van der Waals surface area contributed by atoms with Crippen molar-refractivity contribution in [2.24, 2.45) is 0 Å². The zero-order valence-corrected chi connectivity index (χ0v) is 15.7. The molecule has 132 valence electrons. The average molecular weight is 363 g/mol. The lowest BCUT2D eigenvalue weighted by Crippen LogP contribution is -2.31. The molecule has 0 saturated carbocycles. The van der Waals surface area contributed by atoms with Gasteiger partial charge >= 0.3 is 0 Å². The number of thiophene rings is 1. The lowest BCUT2D eigenvalue weighted by Gasteiger charge is -2.26. The Kier molecular flexibility index (Phi) is 4.47. The quantitative estimate of drug-likeness (QED) is 0.691. The molecule has 1 aromatic carbocycles. The first kappa shape index (κ1) is 16.8. The van der Waals surface area contributed by atoms with Crippen molar-refractivity contribution in [2.75, 3.05) is 5.32 Å². The number of aromatic nitrogens is 1. The number of pyridine rings is 1. The van der Waals surface area contributed by atoms with Crippen molar-refractivity contribution < 1.29 is 4.79 Å². The Morgan fingerprint density at radius 3 is 2.65 bits per heavy atom. The maximum absolute atomic E-state index is 12.9. The molecule has 0 radical (unpaired) electrons. The second kappa shape index (κ2) is 6.92. The van der Waals surface area contributed by atoms with Gasteiger partial charge in [0.15, 0.2) is 0 Å². The first-order valence-electron chi connectivity index (χ1n) is 8.78. The van der Waals surface area contributed by atoms with Crippen molar-refractivity contribution in [3.05, 3.63) is 81.8 Å². The van der Waals surface area contributed by atoms with Crippen molar-refractivity contribution in [2.45, 2.75) is 32.5 Å². The summed E-state index contributed by atoms with van der Waals surface area (Å²) in [6, 6.07) is 16.2. The molecule has 2 aromatic heterocycles. The van der Waals surface area contributed by atoms with Gasteiger partial charge in [-0.2, -0.15) is 0 Å². The molecule has 0 spiro atoms. The van der Waals surface area contributed by atoms with Crippen LogP contribution in [0, 0.1) is 0 Å². The highest BCUT2D eigenvalue weighted by atomic mass is 32.1. The minimum absolute atomic E-state index is 0.0257. The van der Waals surface area contributed by atoms with E-state index in [1.165, 1.54) is 5.56 Å². The molecule has 1 unspecified atom stereocenters. The van der Waals surface area contributed by atoms with E-state index in [4.69, 9.17) is 0 Å². The number of nitrogens with zero attached hydrogens (tertiary/aromatic N) is 2. The van der Waals surface area contributed by atoms with Crippen LogP contribution in [0.15, 0.2) is 60.1 Å². The number of amides is 1. The lowest BCUT2D eigenvalue weighted by atomic mass is 10.0. The highest BCUT2D eigenvalue weighted by Crippen LogP contribution is 2.34. The molecule has 4 rings (SSSR count). The van der Waals surface area contributed by atoms with E-state index in [0.29, 0.717) is 18.0 Å². The van der Waals surface area contributed by atoms with Crippen molar-refractivity contribution in [3.63, 3.8) is 0 Å². The normalized spacial score (nSPS) is 16.2.